The Hall–Kier alpha value is -0.500. The normalized spacial score (nSPS) is 12.9. The first-order valence-corrected chi connectivity index (χ1v) is 4.99. The molecule has 0 aliphatic heterocycles. The van der Waals surface area contributed by atoms with Gasteiger partial charge in [-0.25, -0.2) is 0 Å². The minimum atomic E-state index is 0.544. The molecule has 0 aliphatic carbocycles. The van der Waals surface area contributed by atoms with E-state index in [0.717, 1.165) is 16.6 Å². The summed E-state index contributed by atoms with van der Waals surface area (Å²) in [6, 6.07) is 6.02. The first-order chi connectivity index (χ1) is 5.65. The number of nitrogens with two attached hydrogens (primary N) is 1. The Morgan fingerprint density at radius 1 is 1.50 bits per heavy atom. The lowest BCUT2D eigenvalue weighted by Crippen LogP contribution is -1.97. The minimum Gasteiger partial charge on any atom is -0.398 e. The molecule has 2 N–H and O–H groups in total. The highest BCUT2D eigenvalue weighted by molar-refractivity contribution is 9.10. The van der Waals surface area contributed by atoms with Gasteiger partial charge in [0, 0.05) is 10.2 Å². The van der Waals surface area contributed by atoms with Gasteiger partial charge < -0.3 is 5.73 Å². The zero-order valence-corrected chi connectivity index (χ0v) is 9.06. The van der Waals surface area contributed by atoms with Crippen molar-refractivity contribution in [1.82, 2.24) is 0 Å². The molecule has 0 bridgehead atoms. The third-order valence-corrected chi connectivity index (χ3v) is 2.69. The molecule has 1 nitrogen and oxygen atoms in total. The van der Waals surface area contributed by atoms with Crippen molar-refractivity contribution in [3.05, 3.63) is 28.2 Å². The lowest BCUT2D eigenvalue weighted by Gasteiger charge is -2.12. The van der Waals surface area contributed by atoms with E-state index in [1.807, 2.05) is 12.1 Å². The Kier molecular flexibility index (Phi) is 3.15. The van der Waals surface area contributed by atoms with E-state index in [2.05, 4.69) is 35.8 Å². The van der Waals surface area contributed by atoms with E-state index < -0.39 is 0 Å². The van der Waals surface area contributed by atoms with Crippen molar-refractivity contribution in [3.63, 3.8) is 0 Å². The van der Waals surface area contributed by atoms with Crippen LogP contribution in [0.25, 0.3) is 0 Å². The molecule has 12 heavy (non-hydrogen) atoms. The van der Waals surface area contributed by atoms with Crippen LogP contribution in [-0.2, 0) is 0 Å². The maximum Gasteiger partial charge on any atom is 0.0350 e. The highest BCUT2D eigenvalue weighted by Crippen LogP contribution is 2.27. The van der Waals surface area contributed by atoms with E-state index in [9.17, 15) is 0 Å². The van der Waals surface area contributed by atoms with E-state index in [0.29, 0.717) is 5.92 Å². The largest absolute Gasteiger partial charge is 0.398 e. The van der Waals surface area contributed by atoms with Crippen molar-refractivity contribution in [2.75, 3.05) is 5.73 Å². The molecule has 1 rings (SSSR count). The van der Waals surface area contributed by atoms with E-state index >= 15 is 0 Å². The molecule has 2 heteroatoms. The van der Waals surface area contributed by atoms with Gasteiger partial charge in [0.05, 0.1) is 0 Å². The summed E-state index contributed by atoms with van der Waals surface area (Å²) in [5, 5.41) is 0. The van der Waals surface area contributed by atoms with Gasteiger partial charge in [0.2, 0.25) is 0 Å². The molecule has 1 aromatic rings. The Morgan fingerprint density at radius 3 is 2.75 bits per heavy atom. The topological polar surface area (TPSA) is 26.0 Å². The second-order valence-electron chi connectivity index (χ2n) is 3.08. The standard InChI is InChI=1S/C10H14BrN/c1-3-7(2)9-6-8(11)4-5-10(9)12/h4-7H,3,12H2,1-2H3. The predicted octanol–water partition coefficient (Wildman–Crippen LogP) is 3.54. The van der Waals surface area contributed by atoms with Crippen LogP contribution in [0.3, 0.4) is 0 Å². The van der Waals surface area contributed by atoms with Crippen LogP contribution in [0.1, 0.15) is 31.7 Å². The first kappa shape index (κ1) is 9.59. The number of hydrogen-bond acceptors (Lipinski definition) is 1. The summed E-state index contributed by atoms with van der Waals surface area (Å²) in [4.78, 5) is 0. The Labute approximate surface area is 82.1 Å². The highest BCUT2D eigenvalue weighted by atomic mass is 79.9. The van der Waals surface area contributed by atoms with Gasteiger partial charge in [0.1, 0.15) is 0 Å². The van der Waals surface area contributed by atoms with Gasteiger partial charge in [-0.1, -0.05) is 29.8 Å². The molecule has 0 radical (unpaired) electrons. The molecule has 0 saturated carbocycles. The second kappa shape index (κ2) is 3.94. The zero-order valence-electron chi connectivity index (χ0n) is 7.47. The number of nitrogen functional groups attached to an aromatic ring is 1. The van der Waals surface area contributed by atoms with Crippen LogP contribution in [0, 0.1) is 0 Å². The summed E-state index contributed by atoms with van der Waals surface area (Å²) in [5.41, 5.74) is 7.98. The van der Waals surface area contributed by atoms with Crippen molar-refractivity contribution < 1.29 is 0 Å². The summed E-state index contributed by atoms with van der Waals surface area (Å²) < 4.78 is 1.10. The Bertz CT molecular complexity index is 271. The molecule has 1 aromatic carbocycles. The third kappa shape index (κ3) is 2.01. The zero-order chi connectivity index (χ0) is 9.14. The summed E-state index contributed by atoms with van der Waals surface area (Å²) in [5.74, 6) is 0.544. The van der Waals surface area contributed by atoms with Crippen LogP contribution < -0.4 is 5.73 Å². The predicted molar refractivity (Wildman–Crippen MR) is 57.3 cm³/mol. The maximum absolute atomic E-state index is 5.85. The lowest BCUT2D eigenvalue weighted by molar-refractivity contribution is 0.735. The number of rotatable bonds is 2. The molecule has 1 unspecified atom stereocenters. The number of halogens is 1. The van der Waals surface area contributed by atoms with Gasteiger partial charge in [-0.2, -0.15) is 0 Å². The third-order valence-electron chi connectivity index (χ3n) is 2.19. The van der Waals surface area contributed by atoms with E-state index in [1.54, 1.807) is 0 Å². The SMILES string of the molecule is CCC(C)c1cc(Br)ccc1N. The average Bonchev–Trinajstić information content (AvgIpc) is 2.08. The molecule has 0 fully saturated rings. The second-order valence-corrected chi connectivity index (χ2v) is 4.00. The van der Waals surface area contributed by atoms with E-state index in [1.165, 1.54) is 5.56 Å². The molecule has 1 atom stereocenters. The quantitative estimate of drug-likeness (QED) is 0.769. The van der Waals surface area contributed by atoms with Crippen LogP contribution in [0.5, 0.6) is 0 Å². The van der Waals surface area contributed by atoms with Crippen molar-refractivity contribution in [1.29, 1.82) is 0 Å². The van der Waals surface area contributed by atoms with Gasteiger partial charge in [-0.15, -0.1) is 0 Å². The molecular formula is C10H14BrN. The summed E-state index contributed by atoms with van der Waals surface area (Å²) in [6.07, 6.45) is 1.13. The summed E-state index contributed by atoms with van der Waals surface area (Å²) in [6.45, 7) is 4.36. The number of anilines is 1. The lowest BCUT2D eigenvalue weighted by atomic mass is 9.97. The van der Waals surface area contributed by atoms with Gasteiger partial charge >= 0.3 is 0 Å². The Morgan fingerprint density at radius 2 is 2.17 bits per heavy atom. The minimum absolute atomic E-state index is 0.544. The van der Waals surface area contributed by atoms with Gasteiger partial charge in [0.15, 0.2) is 0 Å². The van der Waals surface area contributed by atoms with Crippen LogP contribution >= 0.6 is 15.9 Å². The smallest absolute Gasteiger partial charge is 0.0350 e. The van der Waals surface area contributed by atoms with E-state index in [4.69, 9.17) is 5.73 Å². The summed E-state index contributed by atoms with van der Waals surface area (Å²) in [7, 11) is 0. The Balaban J connectivity index is 3.04. The van der Waals surface area contributed by atoms with Crippen molar-refractivity contribution in [2.45, 2.75) is 26.2 Å². The van der Waals surface area contributed by atoms with Crippen molar-refractivity contribution in [2.24, 2.45) is 0 Å². The summed E-state index contributed by atoms with van der Waals surface area (Å²) >= 11 is 3.44. The molecule has 0 heterocycles. The number of benzene rings is 1. The fraction of sp³-hybridized carbons (Fsp3) is 0.400. The fourth-order valence-corrected chi connectivity index (χ4v) is 1.57. The molecule has 0 aromatic heterocycles. The average molecular weight is 228 g/mol. The van der Waals surface area contributed by atoms with Gasteiger partial charge in [-0.3, -0.25) is 0 Å². The number of hydrogen-bond donors (Lipinski definition) is 1. The van der Waals surface area contributed by atoms with Crippen LogP contribution in [0.4, 0.5) is 5.69 Å². The van der Waals surface area contributed by atoms with Crippen LogP contribution in [-0.4, -0.2) is 0 Å². The monoisotopic (exact) mass is 227 g/mol. The van der Waals surface area contributed by atoms with Crippen LogP contribution in [0.2, 0.25) is 0 Å². The molecule has 0 spiro atoms. The van der Waals surface area contributed by atoms with Gasteiger partial charge in [0.25, 0.3) is 0 Å². The van der Waals surface area contributed by atoms with Crippen molar-refractivity contribution >= 4 is 21.6 Å². The molecular weight excluding hydrogens is 214 g/mol. The first-order valence-electron chi connectivity index (χ1n) is 4.20. The molecule has 0 amide bonds. The maximum atomic E-state index is 5.85. The fourth-order valence-electron chi connectivity index (χ4n) is 1.19. The molecule has 0 saturated heterocycles. The van der Waals surface area contributed by atoms with E-state index in [-0.39, 0.29) is 0 Å². The van der Waals surface area contributed by atoms with Crippen molar-refractivity contribution in [3.8, 4) is 0 Å². The molecule has 0 aliphatic rings. The van der Waals surface area contributed by atoms with Crippen LogP contribution in [0.15, 0.2) is 22.7 Å². The highest BCUT2D eigenvalue weighted by Gasteiger charge is 2.06. The molecule has 66 valence electrons. The van der Waals surface area contributed by atoms with Gasteiger partial charge in [-0.05, 0) is 36.1 Å².